The Morgan fingerprint density at radius 1 is 1.33 bits per heavy atom. The van der Waals surface area contributed by atoms with Crippen LogP contribution in [0.25, 0.3) is 6.08 Å². The van der Waals surface area contributed by atoms with E-state index in [0.717, 1.165) is 29.7 Å². The smallest absolute Gasteiger partial charge is 0.331 e. The van der Waals surface area contributed by atoms with E-state index in [1.165, 1.54) is 23.5 Å². The van der Waals surface area contributed by atoms with E-state index >= 15 is 0 Å². The summed E-state index contributed by atoms with van der Waals surface area (Å²) in [6, 6.07) is 7.03. The maximum atomic E-state index is 12.0. The van der Waals surface area contributed by atoms with E-state index < -0.39 is 18.5 Å². The number of benzene rings is 1. The van der Waals surface area contributed by atoms with Crippen LogP contribution in [0.5, 0.6) is 0 Å². The highest BCUT2D eigenvalue weighted by molar-refractivity contribution is 7.16. The number of anilines is 1. The van der Waals surface area contributed by atoms with Gasteiger partial charge in [0.1, 0.15) is 11.1 Å². The molecule has 1 heterocycles. The van der Waals surface area contributed by atoms with E-state index in [1.807, 2.05) is 0 Å². The Hall–Kier alpha value is -2.33. The van der Waals surface area contributed by atoms with Crippen LogP contribution in [0.2, 0.25) is 10.0 Å². The van der Waals surface area contributed by atoms with Gasteiger partial charge >= 0.3 is 5.97 Å². The molecule has 0 unspecified atom stereocenters. The molecule has 0 fully saturated rings. The number of aryl methyl sites for hydroxylation is 1. The van der Waals surface area contributed by atoms with E-state index in [4.69, 9.17) is 27.9 Å². The summed E-state index contributed by atoms with van der Waals surface area (Å²) >= 11 is 13.2. The number of rotatable bonds is 5. The van der Waals surface area contributed by atoms with Gasteiger partial charge in [-0.3, -0.25) is 4.79 Å². The van der Waals surface area contributed by atoms with E-state index in [1.54, 1.807) is 18.2 Å². The Balaban J connectivity index is 1.54. The number of nitriles is 1. The van der Waals surface area contributed by atoms with Gasteiger partial charge in [0.05, 0.1) is 5.56 Å². The molecule has 1 amide bonds. The van der Waals surface area contributed by atoms with Crippen LogP contribution in [0.15, 0.2) is 24.3 Å². The maximum Gasteiger partial charge on any atom is 0.331 e. The van der Waals surface area contributed by atoms with Gasteiger partial charge in [-0.2, -0.15) is 5.26 Å². The third-order valence-electron chi connectivity index (χ3n) is 3.99. The van der Waals surface area contributed by atoms with Gasteiger partial charge in [-0.1, -0.05) is 29.3 Å². The van der Waals surface area contributed by atoms with Crippen molar-refractivity contribution in [1.29, 1.82) is 5.26 Å². The van der Waals surface area contributed by atoms with Crippen LogP contribution in [-0.2, 0) is 27.2 Å². The average molecular weight is 421 g/mol. The minimum atomic E-state index is -0.676. The van der Waals surface area contributed by atoms with Crippen LogP contribution >= 0.6 is 34.5 Å². The predicted molar refractivity (Wildman–Crippen MR) is 106 cm³/mol. The van der Waals surface area contributed by atoms with Crippen LogP contribution in [0, 0.1) is 11.3 Å². The fraction of sp³-hybridized carbons (Fsp3) is 0.211. The number of halogens is 2. The lowest BCUT2D eigenvalue weighted by molar-refractivity contribution is -0.142. The van der Waals surface area contributed by atoms with Crippen LogP contribution < -0.4 is 5.32 Å². The molecule has 0 bridgehead atoms. The van der Waals surface area contributed by atoms with Gasteiger partial charge in [-0.25, -0.2) is 4.79 Å². The summed E-state index contributed by atoms with van der Waals surface area (Å²) in [5.74, 6) is -1.16. The minimum Gasteiger partial charge on any atom is -0.452 e. The number of ether oxygens (including phenoxy) is 1. The molecule has 5 nitrogen and oxygen atoms in total. The van der Waals surface area contributed by atoms with Crippen molar-refractivity contribution < 1.29 is 14.3 Å². The lowest BCUT2D eigenvalue weighted by Gasteiger charge is -2.04. The van der Waals surface area contributed by atoms with Crippen molar-refractivity contribution in [3.05, 3.63) is 55.9 Å². The molecule has 1 aliphatic rings. The number of amides is 1. The highest BCUT2D eigenvalue weighted by Gasteiger charge is 2.23. The van der Waals surface area contributed by atoms with Gasteiger partial charge in [0, 0.05) is 21.0 Å². The van der Waals surface area contributed by atoms with Gasteiger partial charge in [0.15, 0.2) is 6.61 Å². The van der Waals surface area contributed by atoms with Crippen molar-refractivity contribution in [3.8, 4) is 6.07 Å². The van der Waals surface area contributed by atoms with E-state index in [-0.39, 0.29) is 0 Å². The summed E-state index contributed by atoms with van der Waals surface area (Å²) in [5.41, 5.74) is 2.15. The zero-order valence-electron chi connectivity index (χ0n) is 14.1. The lowest BCUT2D eigenvalue weighted by Crippen LogP contribution is -2.20. The zero-order chi connectivity index (χ0) is 19.4. The first-order valence-corrected chi connectivity index (χ1v) is 9.69. The number of carbonyl (C=O) groups is 2. The number of hydrogen-bond acceptors (Lipinski definition) is 5. The number of carbonyl (C=O) groups excluding carboxylic acids is 2. The van der Waals surface area contributed by atoms with E-state index in [9.17, 15) is 14.9 Å². The zero-order valence-corrected chi connectivity index (χ0v) is 16.4. The second-order valence-corrected chi connectivity index (χ2v) is 7.78. The Bertz CT molecular complexity index is 976. The molecule has 1 N–H and O–H groups in total. The first kappa shape index (κ1) is 19.4. The number of hydrogen-bond donors (Lipinski definition) is 1. The Labute approximate surface area is 170 Å². The molecule has 0 saturated heterocycles. The molecular weight excluding hydrogens is 407 g/mol. The van der Waals surface area contributed by atoms with Gasteiger partial charge in [0.2, 0.25) is 0 Å². The second-order valence-electron chi connectivity index (χ2n) is 5.83. The van der Waals surface area contributed by atoms with E-state index in [2.05, 4.69) is 11.4 Å². The van der Waals surface area contributed by atoms with Crippen molar-refractivity contribution in [2.24, 2.45) is 0 Å². The summed E-state index contributed by atoms with van der Waals surface area (Å²) < 4.78 is 4.93. The number of thiophene rings is 1. The summed E-state index contributed by atoms with van der Waals surface area (Å²) in [6.45, 7) is -0.440. The molecule has 0 atom stereocenters. The van der Waals surface area contributed by atoms with Crippen molar-refractivity contribution >= 4 is 57.5 Å². The summed E-state index contributed by atoms with van der Waals surface area (Å²) in [4.78, 5) is 24.9. The summed E-state index contributed by atoms with van der Waals surface area (Å²) in [5, 5.41) is 13.4. The number of nitrogens with one attached hydrogen (secondary N) is 1. The molecule has 0 saturated carbocycles. The fourth-order valence-corrected chi connectivity index (χ4v) is 4.48. The molecule has 27 heavy (non-hydrogen) atoms. The Morgan fingerprint density at radius 3 is 2.89 bits per heavy atom. The molecule has 0 spiro atoms. The summed E-state index contributed by atoms with van der Waals surface area (Å²) in [6.07, 6.45) is 5.49. The molecule has 8 heteroatoms. The van der Waals surface area contributed by atoms with Crippen molar-refractivity contribution in [2.45, 2.75) is 19.3 Å². The highest BCUT2D eigenvalue weighted by Crippen LogP contribution is 2.38. The van der Waals surface area contributed by atoms with Crippen LogP contribution in [-0.4, -0.2) is 18.5 Å². The molecule has 0 radical (unpaired) electrons. The molecular formula is C19H14Cl2N2O3S. The Kier molecular flexibility index (Phi) is 6.17. The van der Waals surface area contributed by atoms with Gasteiger partial charge < -0.3 is 10.1 Å². The Morgan fingerprint density at radius 2 is 2.15 bits per heavy atom. The molecule has 1 aromatic carbocycles. The molecule has 0 aliphatic heterocycles. The van der Waals surface area contributed by atoms with Gasteiger partial charge in [-0.05, 0) is 48.6 Å². The third kappa shape index (κ3) is 4.69. The summed E-state index contributed by atoms with van der Waals surface area (Å²) in [7, 11) is 0. The minimum absolute atomic E-state index is 0.402. The number of fused-ring (bicyclic) bond motifs is 1. The third-order valence-corrected chi connectivity index (χ3v) is 5.76. The molecule has 3 rings (SSSR count). The van der Waals surface area contributed by atoms with Crippen molar-refractivity contribution in [2.75, 3.05) is 11.9 Å². The quantitative estimate of drug-likeness (QED) is 0.565. The topological polar surface area (TPSA) is 79.2 Å². The van der Waals surface area contributed by atoms with Crippen LogP contribution in [0.1, 0.15) is 28.0 Å². The number of esters is 1. The predicted octanol–water partition coefficient (Wildman–Crippen LogP) is 4.61. The average Bonchev–Trinajstić information content (AvgIpc) is 3.19. The molecule has 138 valence electrons. The first-order valence-electron chi connectivity index (χ1n) is 8.12. The highest BCUT2D eigenvalue weighted by atomic mass is 35.5. The first-order chi connectivity index (χ1) is 13.0. The van der Waals surface area contributed by atoms with Gasteiger partial charge in [0.25, 0.3) is 5.91 Å². The van der Waals surface area contributed by atoms with E-state index in [0.29, 0.717) is 26.2 Å². The largest absolute Gasteiger partial charge is 0.452 e. The monoisotopic (exact) mass is 420 g/mol. The van der Waals surface area contributed by atoms with Crippen molar-refractivity contribution in [1.82, 2.24) is 0 Å². The maximum absolute atomic E-state index is 12.0. The normalized spacial score (nSPS) is 12.6. The molecule has 2 aromatic rings. The van der Waals surface area contributed by atoms with Gasteiger partial charge in [-0.15, -0.1) is 11.3 Å². The number of nitrogens with zero attached hydrogens (tertiary/aromatic N) is 1. The van der Waals surface area contributed by atoms with Crippen LogP contribution in [0.3, 0.4) is 0 Å². The van der Waals surface area contributed by atoms with Crippen LogP contribution in [0.4, 0.5) is 5.00 Å². The fourth-order valence-electron chi connectivity index (χ4n) is 2.75. The van der Waals surface area contributed by atoms with Crippen molar-refractivity contribution in [3.63, 3.8) is 0 Å². The standard InChI is InChI=1S/C19H14Cl2N2O3S/c20-12-6-4-11(15(21)8-12)5-7-18(25)26-10-17(24)23-19-14(9-22)13-2-1-3-16(13)27-19/h4-8H,1-3,10H2,(H,23,24). The molecule has 1 aliphatic carbocycles. The molecule has 1 aromatic heterocycles. The SMILES string of the molecule is N#Cc1c(NC(=O)COC(=O)C=Cc2ccc(Cl)cc2Cl)sc2c1CCC2. The lowest BCUT2D eigenvalue weighted by atomic mass is 10.1. The second kappa shape index (κ2) is 8.57.